The molecule has 1 amide bonds. The molecule has 1 atom stereocenters. The summed E-state index contributed by atoms with van der Waals surface area (Å²) in [4.78, 5) is 22.3. The van der Waals surface area contributed by atoms with Crippen molar-refractivity contribution in [2.45, 2.75) is 23.8 Å². The average Bonchev–Trinajstić information content (AvgIpc) is 3.47. The Kier molecular flexibility index (Phi) is 7.44. The first-order valence-electron chi connectivity index (χ1n) is 10.9. The number of hydrogen-bond donors (Lipinski definition) is 0. The van der Waals surface area contributed by atoms with E-state index in [4.69, 9.17) is 21.3 Å². The van der Waals surface area contributed by atoms with Gasteiger partial charge in [0, 0.05) is 24.7 Å². The van der Waals surface area contributed by atoms with Gasteiger partial charge in [0.25, 0.3) is 0 Å². The molecule has 2 aromatic carbocycles. The molecule has 1 fully saturated rings. The Bertz CT molecular complexity index is 1280. The van der Waals surface area contributed by atoms with Gasteiger partial charge in [-0.2, -0.15) is 4.31 Å². The molecule has 1 saturated heterocycles. The van der Waals surface area contributed by atoms with Crippen molar-refractivity contribution in [2.24, 2.45) is 0 Å². The number of carbonyl (C=O) groups is 1. The molecule has 2 heterocycles. The Hall–Kier alpha value is -2.24. The van der Waals surface area contributed by atoms with Crippen LogP contribution in [0.2, 0.25) is 5.02 Å². The number of benzene rings is 2. The zero-order valence-corrected chi connectivity index (χ0v) is 21.7. The summed E-state index contributed by atoms with van der Waals surface area (Å²) in [6.07, 6.45) is 1.07. The Morgan fingerprint density at radius 3 is 2.62 bits per heavy atom. The van der Waals surface area contributed by atoms with Gasteiger partial charge in [0.15, 0.2) is 5.13 Å². The van der Waals surface area contributed by atoms with Gasteiger partial charge in [-0.25, -0.2) is 13.4 Å². The van der Waals surface area contributed by atoms with Gasteiger partial charge in [-0.3, -0.25) is 9.69 Å². The highest BCUT2D eigenvalue weighted by Gasteiger charge is 2.42. The zero-order chi connectivity index (χ0) is 24.5. The largest absolute Gasteiger partial charge is 0.494 e. The number of methoxy groups -OCH3 is 1. The van der Waals surface area contributed by atoms with Crippen molar-refractivity contribution in [2.75, 3.05) is 45.7 Å². The van der Waals surface area contributed by atoms with E-state index in [1.165, 1.54) is 27.8 Å². The number of nitrogens with zero attached hydrogens (tertiary/aromatic N) is 4. The van der Waals surface area contributed by atoms with Crippen molar-refractivity contribution in [3.05, 3.63) is 47.5 Å². The highest BCUT2D eigenvalue weighted by Crippen LogP contribution is 2.36. The first kappa shape index (κ1) is 24.9. The molecule has 8 nitrogen and oxygen atoms in total. The molecule has 4 rings (SSSR count). The lowest BCUT2D eigenvalue weighted by atomic mass is 10.2. The summed E-state index contributed by atoms with van der Waals surface area (Å²) in [5.41, 5.74) is 0.685. The van der Waals surface area contributed by atoms with Crippen LogP contribution in [0.5, 0.6) is 5.75 Å². The molecule has 34 heavy (non-hydrogen) atoms. The summed E-state index contributed by atoms with van der Waals surface area (Å²) in [5, 5.41) is 0.983. The first-order valence-corrected chi connectivity index (χ1v) is 13.5. The van der Waals surface area contributed by atoms with E-state index in [-0.39, 0.29) is 17.3 Å². The lowest BCUT2D eigenvalue weighted by molar-refractivity contribution is -0.121. The number of thiazole rings is 1. The lowest BCUT2D eigenvalue weighted by Gasteiger charge is -2.29. The monoisotopic (exact) mass is 522 g/mol. The van der Waals surface area contributed by atoms with Crippen molar-refractivity contribution in [1.29, 1.82) is 0 Å². The number of carbonyl (C=O) groups excluding carboxylic acids is 1. The third-order valence-corrected chi connectivity index (χ3v) is 8.99. The fraction of sp³-hybridized carbons (Fsp3) is 0.391. The van der Waals surface area contributed by atoms with E-state index in [0.29, 0.717) is 47.4 Å². The third-order valence-electron chi connectivity index (χ3n) is 5.77. The van der Waals surface area contributed by atoms with E-state index < -0.39 is 16.1 Å². The standard InChI is InChI=1S/C23H27ClN4O4S2/c1-26(2)14-15-27(23-25-21-19(32-3)7-4-8-20(21)33-23)22(29)18-6-5-13-28(18)34(30,31)17-11-9-16(24)10-12-17/h4,7-12,18H,5-6,13-15H2,1-3H3. The molecule has 11 heteroatoms. The minimum atomic E-state index is -3.85. The molecule has 3 aromatic rings. The summed E-state index contributed by atoms with van der Waals surface area (Å²) < 4.78 is 34.4. The van der Waals surface area contributed by atoms with Crippen LogP contribution in [-0.4, -0.2) is 75.4 Å². The van der Waals surface area contributed by atoms with Gasteiger partial charge in [0.1, 0.15) is 17.3 Å². The van der Waals surface area contributed by atoms with E-state index in [9.17, 15) is 13.2 Å². The van der Waals surface area contributed by atoms with Crippen molar-refractivity contribution < 1.29 is 17.9 Å². The van der Waals surface area contributed by atoms with Crippen LogP contribution in [0, 0.1) is 0 Å². The van der Waals surface area contributed by atoms with E-state index in [1.807, 2.05) is 37.2 Å². The Labute approximate surface area is 208 Å². The number of aromatic nitrogens is 1. The normalized spacial score (nSPS) is 16.9. The Morgan fingerprint density at radius 2 is 1.94 bits per heavy atom. The van der Waals surface area contributed by atoms with E-state index >= 15 is 0 Å². The van der Waals surface area contributed by atoms with Gasteiger partial charge < -0.3 is 9.64 Å². The quantitative estimate of drug-likeness (QED) is 0.448. The van der Waals surface area contributed by atoms with Gasteiger partial charge in [0.2, 0.25) is 15.9 Å². The summed E-state index contributed by atoms with van der Waals surface area (Å²) >= 11 is 7.33. The maximum Gasteiger partial charge on any atom is 0.247 e. The van der Waals surface area contributed by atoms with Crippen molar-refractivity contribution >= 4 is 54.2 Å². The Morgan fingerprint density at radius 1 is 1.21 bits per heavy atom. The van der Waals surface area contributed by atoms with Gasteiger partial charge in [-0.1, -0.05) is 29.0 Å². The predicted octanol–water partition coefficient (Wildman–Crippen LogP) is 3.71. The minimum absolute atomic E-state index is 0.126. The highest BCUT2D eigenvalue weighted by molar-refractivity contribution is 7.89. The number of para-hydroxylation sites is 1. The molecule has 182 valence electrons. The number of halogens is 1. The summed E-state index contributed by atoms with van der Waals surface area (Å²) in [6, 6.07) is 10.9. The van der Waals surface area contributed by atoms with Gasteiger partial charge in [-0.15, -0.1) is 0 Å². The van der Waals surface area contributed by atoms with Crippen LogP contribution in [0.3, 0.4) is 0 Å². The second kappa shape index (κ2) is 10.2. The SMILES string of the molecule is COc1cccc2sc(N(CCN(C)C)C(=O)C3CCCN3S(=O)(=O)c3ccc(Cl)cc3)nc12. The maximum absolute atomic E-state index is 13.8. The number of sulfonamides is 1. The van der Waals surface area contributed by atoms with Crippen molar-refractivity contribution in [3.63, 3.8) is 0 Å². The molecule has 0 saturated carbocycles. The maximum atomic E-state index is 13.8. The molecule has 0 bridgehead atoms. The van der Waals surface area contributed by atoms with Gasteiger partial charge in [-0.05, 0) is 63.3 Å². The number of likely N-dealkylation sites (N-methyl/N-ethyl adjacent to an activating group) is 1. The summed E-state index contributed by atoms with van der Waals surface area (Å²) in [7, 11) is 1.59. The van der Waals surface area contributed by atoms with E-state index in [1.54, 1.807) is 24.1 Å². The van der Waals surface area contributed by atoms with Crippen LogP contribution in [0.4, 0.5) is 5.13 Å². The minimum Gasteiger partial charge on any atom is -0.494 e. The van der Waals surface area contributed by atoms with Crippen LogP contribution in [-0.2, 0) is 14.8 Å². The fourth-order valence-corrected chi connectivity index (χ4v) is 6.78. The molecule has 1 aliphatic rings. The Balaban J connectivity index is 1.69. The number of amides is 1. The van der Waals surface area contributed by atoms with Crippen LogP contribution in [0.25, 0.3) is 10.2 Å². The van der Waals surface area contributed by atoms with Crippen LogP contribution in [0.1, 0.15) is 12.8 Å². The van der Waals surface area contributed by atoms with Gasteiger partial charge in [0.05, 0.1) is 16.7 Å². The second-order valence-electron chi connectivity index (χ2n) is 8.32. The number of ether oxygens (including phenoxy) is 1. The number of fused-ring (bicyclic) bond motifs is 1. The van der Waals surface area contributed by atoms with E-state index in [0.717, 1.165) is 4.70 Å². The number of hydrogen-bond acceptors (Lipinski definition) is 7. The molecule has 0 aliphatic carbocycles. The molecule has 0 radical (unpaired) electrons. The van der Waals surface area contributed by atoms with Crippen molar-refractivity contribution in [3.8, 4) is 5.75 Å². The molecule has 1 aromatic heterocycles. The fourth-order valence-electron chi connectivity index (χ4n) is 3.99. The smallest absolute Gasteiger partial charge is 0.247 e. The van der Waals surface area contributed by atoms with Gasteiger partial charge >= 0.3 is 0 Å². The first-order chi connectivity index (χ1) is 16.2. The lowest BCUT2D eigenvalue weighted by Crippen LogP contribution is -2.49. The molecule has 1 unspecified atom stereocenters. The number of anilines is 1. The van der Waals surface area contributed by atoms with Crippen LogP contribution in [0.15, 0.2) is 47.4 Å². The molecular formula is C23H27ClN4O4S2. The average molecular weight is 523 g/mol. The summed E-state index contributed by atoms with van der Waals surface area (Å²) in [6.45, 7) is 1.28. The van der Waals surface area contributed by atoms with Crippen LogP contribution >= 0.6 is 22.9 Å². The highest BCUT2D eigenvalue weighted by atomic mass is 35.5. The topological polar surface area (TPSA) is 83.0 Å². The molecule has 0 N–H and O–H groups in total. The molecular weight excluding hydrogens is 496 g/mol. The van der Waals surface area contributed by atoms with E-state index in [2.05, 4.69) is 0 Å². The summed E-state index contributed by atoms with van der Waals surface area (Å²) in [5.74, 6) is 0.364. The zero-order valence-electron chi connectivity index (χ0n) is 19.3. The molecule has 0 spiro atoms. The predicted molar refractivity (Wildman–Crippen MR) is 135 cm³/mol. The van der Waals surface area contributed by atoms with Crippen LogP contribution < -0.4 is 9.64 Å². The number of rotatable bonds is 8. The molecule has 1 aliphatic heterocycles. The van der Waals surface area contributed by atoms with Crippen molar-refractivity contribution in [1.82, 2.24) is 14.2 Å². The third kappa shape index (κ3) is 4.92. The second-order valence-corrected chi connectivity index (χ2v) is 11.7.